The SMILES string of the molecule is Cc1ccc(C(=O)OCc2ccc(F)c(Br)c2)cc1N. The fourth-order valence-corrected chi connectivity index (χ4v) is 2.06. The number of esters is 1. The number of carbonyl (C=O) groups excluding carboxylic acids is 1. The number of hydrogen-bond donors (Lipinski definition) is 1. The number of nitrogens with two attached hydrogens (primary N) is 1. The van der Waals surface area contributed by atoms with Gasteiger partial charge in [-0.1, -0.05) is 12.1 Å². The third-order valence-electron chi connectivity index (χ3n) is 2.87. The normalized spacial score (nSPS) is 10.3. The van der Waals surface area contributed by atoms with Crippen molar-refractivity contribution in [2.75, 3.05) is 5.73 Å². The molecule has 0 radical (unpaired) electrons. The Morgan fingerprint density at radius 1 is 1.30 bits per heavy atom. The van der Waals surface area contributed by atoms with Crippen molar-refractivity contribution in [2.45, 2.75) is 13.5 Å². The van der Waals surface area contributed by atoms with Gasteiger partial charge in [-0.15, -0.1) is 0 Å². The number of hydrogen-bond acceptors (Lipinski definition) is 3. The average molecular weight is 338 g/mol. The highest BCUT2D eigenvalue weighted by Crippen LogP contribution is 2.18. The van der Waals surface area contributed by atoms with Gasteiger partial charge in [0.05, 0.1) is 10.0 Å². The fraction of sp³-hybridized carbons (Fsp3) is 0.133. The topological polar surface area (TPSA) is 52.3 Å². The third kappa shape index (κ3) is 3.36. The van der Waals surface area contributed by atoms with Gasteiger partial charge >= 0.3 is 5.97 Å². The molecule has 0 aromatic heterocycles. The molecule has 5 heteroatoms. The first kappa shape index (κ1) is 14.5. The second-order valence-electron chi connectivity index (χ2n) is 4.40. The molecular weight excluding hydrogens is 325 g/mol. The molecule has 2 rings (SSSR count). The van der Waals surface area contributed by atoms with Crippen LogP contribution in [0.4, 0.5) is 10.1 Å². The van der Waals surface area contributed by atoms with Crippen LogP contribution >= 0.6 is 15.9 Å². The minimum atomic E-state index is -0.461. The van der Waals surface area contributed by atoms with Gasteiger partial charge in [-0.25, -0.2) is 9.18 Å². The van der Waals surface area contributed by atoms with Gasteiger partial charge in [0.2, 0.25) is 0 Å². The van der Waals surface area contributed by atoms with Crippen LogP contribution < -0.4 is 5.73 Å². The van der Waals surface area contributed by atoms with E-state index in [0.717, 1.165) is 5.56 Å². The van der Waals surface area contributed by atoms with E-state index in [1.165, 1.54) is 6.07 Å². The van der Waals surface area contributed by atoms with Gasteiger partial charge in [0.25, 0.3) is 0 Å². The summed E-state index contributed by atoms with van der Waals surface area (Å²) in [7, 11) is 0. The third-order valence-corrected chi connectivity index (χ3v) is 3.48. The standard InChI is InChI=1S/C15H13BrFNO2/c1-9-2-4-11(7-14(9)18)15(19)20-8-10-3-5-13(17)12(16)6-10/h2-7H,8,18H2,1H3. The largest absolute Gasteiger partial charge is 0.457 e. The second kappa shape index (κ2) is 6.05. The van der Waals surface area contributed by atoms with Crippen LogP contribution in [-0.4, -0.2) is 5.97 Å². The first-order valence-corrected chi connectivity index (χ1v) is 6.74. The van der Waals surface area contributed by atoms with Crippen molar-refractivity contribution in [2.24, 2.45) is 0 Å². The minimum absolute atomic E-state index is 0.0749. The molecule has 0 bridgehead atoms. The lowest BCUT2D eigenvalue weighted by molar-refractivity contribution is 0.0472. The molecule has 104 valence electrons. The van der Waals surface area contributed by atoms with E-state index in [0.29, 0.717) is 21.3 Å². The zero-order valence-electron chi connectivity index (χ0n) is 10.8. The van der Waals surface area contributed by atoms with E-state index in [1.807, 2.05) is 6.92 Å². The molecule has 0 saturated carbocycles. The highest BCUT2D eigenvalue weighted by Gasteiger charge is 2.09. The van der Waals surface area contributed by atoms with E-state index >= 15 is 0 Å². The Morgan fingerprint density at radius 2 is 2.05 bits per heavy atom. The van der Waals surface area contributed by atoms with Crippen LogP contribution in [0.25, 0.3) is 0 Å². The number of carbonyl (C=O) groups is 1. The molecule has 0 unspecified atom stereocenters. The van der Waals surface area contributed by atoms with Crippen molar-refractivity contribution in [3.63, 3.8) is 0 Å². The Kier molecular flexibility index (Phi) is 4.39. The Morgan fingerprint density at radius 3 is 2.70 bits per heavy atom. The molecular formula is C15H13BrFNO2. The summed E-state index contributed by atoms with van der Waals surface area (Å²) in [6.07, 6.45) is 0. The van der Waals surface area contributed by atoms with Crippen molar-refractivity contribution >= 4 is 27.6 Å². The molecule has 0 amide bonds. The summed E-state index contributed by atoms with van der Waals surface area (Å²) >= 11 is 3.08. The van der Waals surface area contributed by atoms with Gasteiger partial charge in [-0.05, 0) is 58.2 Å². The van der Waals surface area contributed by atoms with E-state index in [4.69, 9.17) is 10.5 Å². The molecule has 0 aliphatic carbocycles. The van der Waals surface area contributed by atoms with E-state index in [-0.39, 0.29) is 12.4 Å². The van der Waals surface area contributed by atoms with Crippen LogP contribution in [-0.2, 0) is 11.3 Å². The molecule has 2 aromatic rings. The van der Waals surface area contributed by atoms with Crippen molar-refractivity contribution in [1.29, 1.82) is 0 Å². The summed E-state index contributed by atoms with van der Waals surface area (Å²) in [5, 5.41) is 0. The summed E-state index contributed by atoms with van der Waals surface area (Å²) in [6, 6.07) is 9.47. The summed E-state index contributed by atoms with van der Waals surface area (Å²) in [5.74, 6) is -0.816. The van der Waals surface area contributed by atoms with Crippen LogP contribution in [0, 0.1) is 12.7 Å². The number of aryl methyl sites for hydroxylation is 1. The molecule has 0 fully saturated rings. The first-order valence-electron chi connectivity index (χ1n) is 5.94. The van der Waals surface area contributed by atoms with Gasteiger partial charge in [0.15, 0.2) is 0 Å². The summed E-state index contributed by atoms with van der Waals surface area (Å²) in [4.78, 5) is 11.9. The lowest BCUT2D eigenvalue weighted by Gasteiger charge is -2.07. The Labute approximate surface area is 124 Å². The maximum atomic E-state index is 13.1. The predicted octanol–water partition coefficient (Wildman–Crippen LogP) is 3.84. The highest BCUT2D eigenvalue weighted by atomic mass is 79.9. The molecule has 0 aliphatic heterocycles. The lowest BCUT2D eigenvalue weighted by Crippen LogP contribution is -2.06. The molecule has 0 heterocycles. The van der Waals surface area contributed by atoms with Crippen LogP contribution in [0.3, 0.4) is 0 Å². The average Bonchev–Trinajstić information content (AvgIpc) is 2.43. The van der Waals surface area contributed by atoms with Gasteiger partial charge in [-0.3, -0.25) is 0 Å². The molecule has 0 spiro atoms. The molecule has 0 saturated heterocycles. The zero-order chi connectivity index (χ0) is 14.7. The van der Waals surface area contributed by atoms with Crippen LogP contribution in [0.2, 0.25) is 0 Å². The van der Waals surface area contributed by atoms with Gasteiger partial charge in [0, 0.05) is 5.69 Å². The quantitative estimate of drug-likeness (QED) is 0.683. The Bertz CT molecular complexity index is 658. The monoisotopic (exact) mass is 337 g/mol. The molecule has 0 aliphatic rings. The van der Waals surface area contributed by atoms with E-state index < -0.39 is 5.97 Å². The highest BCUT2D eigenvalue weighted by molar-refractivity contribution is 9.10. The zero-order valence-corrected chi connectivity index (χ0v) is 12.4. The Hall–Kier alpha value is -1.88. The van der Waals surface area contributed by atoms with E-state index in [1.54, 1.807) is 30.3 Å². The Balaban J connectivity index is 2.04. The van der Waals surface area contributed by atoms with Crippen LogP contribution in [0.1, 0.15) is 21.5 Å². The number of rotatable bonds is 3. The van der Waals surface area contributed by atoms with Crippen LogP contribution in [0.5, 0.6) is 0 Å². The second-order valence-corrected chi connectivity index (χ2v) is 5.25. The van der Waals surface area contributed by atoms with Crippen molar-refractivity contribution in [3.8, 4) is 0 Å². The molecule has 3 nitrogen and oxygen atoms in total. The number of nitrogen functional groups attached to an aromatic ring is 1. The maximum Gasteiger partial charge on any atom is 0.338 e. The maximum absolute atomic E-state index is 13.1. The van der Waals surface area contributed by atoms with E-state index in [2.05, 4.69) is 15.9 Å². The summed E-state index contributed by atoms with van der Waals surface area (Å²) < 4.78 is 18.6. The minimum Gasteiger partial charge on any atom is -0.457 e. The smallest absolute Gasteiger partial charge is 0.338 e. The van der Waals surface area contributed by atoms with Crippen molar-refractivity contribution < 1.29 is 13.9 Å². The molecule has 20 heavy (non-hydrogen) atoms. The summed E-state index contributed by atoms with van der Waals surface area (Å²) in [6.45, 7) is 1.94. The first-order chi connectivity index (χ1) is 9.47. The predicted molar refractivity (Wildman–Crippen MR) is 78.8 cm³/mol. The fourth-order valence-electron chi connectivity index (χ4n) is 1.63. The van der Waals surface area contributed by atoms with Gasteiger partial charge in [-0.2, -0.15) is 0 Å². The molecule has 0 atom stereocenters. The number of benzene rings is 2. The van der Waals surface area contributed by atoms with Gasteiger partial charge < -0.3 is 10.5 Å². The van der Waals surface area contributed by atoms with Crippen LogP contribution in [0.15, 0.2) is 40.9 Å². The molecule has 2 N–H and O–H groups in total. The molecule has 2 aromatic carbocycles. The number of anilines is 1. The van der Waals surface area contributed by atoms with E-state index in [9.17, 15) is 9.18 Å². The van der Waals surface area contributed by atoms with Crippen molar-refractivity contribution in [3.05, 3.63) is 63.4 Å². The lowest BCUT2D eigenvalue weighted by atomic mass is 10.1. The summed E-state index contributed by atoms with van der Waals surface area (Å²) in [5.41, 5.74) is 8.30. The van der Waals surface area contributed by atoms with Gasteiger partial charge in [0.1, 0.15) is 12.4 Å². The van der Waals surface area contributed by atoms with Crippen molar-refractivity contribution in [1.82, 2.24) is 0 Å². The number of halogens is 2. The number of ether oxygens (including phenoxy) is 1.